The molecule has 0 unspecified atom stereocenters. The number of allylic oxidation sites excluding steroid dienone is 5. The lowest BCUT2D eigenvalue weighted by atomic mass is 10.00. The molecule has 0 spiro atoms. The summed E-state index contributed by atoms with van der Waals surface area (Å²) in [6.07, 6.45) is 5.84. The highest BCUT2D eigenvalue weighted by atomic mass is 127. The van der Waals surface area contributed by atoms with Crippen molar-refractivity contribution in [2.45, 2.75) is 0 Å². The molecule has 0 saturated carbocycles. The molecular formula is C9H5I2NO2. The monoisotopic (exact) mass is 413 g/mol. The summed E-state index contributed by atoms with van der Waals surface area (Å²) >= 11 is 4.27. The fourth-order valence-corrected chi connectivity index (χ4v) is 2.75. The average molecular weight is 413 g/mol. The van der Waals surface area contributed by atoms with Crippen molar-refractivity contribution in [3.8, 4) is 0 Å². The van der Waals surface area contributed by atoms with Gasteiger partial charge in [-0.2, -0.15) is 0 Å². The smallest absolute Gasteiger partial charge is 0.355 e. The summed E-state index contributed by atoms with van der Waals surface area (Å²) in [5.41, 5.74) is 1.00. The molecule has 0 aromatic rings. The average Bonchev–Trinajstić information content (AvgIpc) is 2.44. The minimum atomic E-state index is -0.951. The zero-order valence-corrected chi connectivity index (χ0v) is 11.2. The van der Waals surface area contributed by atoms with Gasteiger partial charge in [0, 0.05) is 7.16 Å². The van der Waals surface area contributed by atoms with Crippen molar-refractivity contribution in [1.29, 1.82) is 0 Å². The molecule has 3 nitrogen and oxygen atoms in total. The summed E-state index contributed by atoms with van der Waals surface area (Å²) in [4.78, 5) is 14.9. The number of fused-ring (bicyclic) bond motifs is 1. The van der Waals surface area contributed by atoms with Gasteiger partial charge in [-0.3, -0.25) is 0 Å². The molecule has 0 aromatic carbocycles. The van der Waals surface area contributed by atoms with Crippen LogP contribution in [0.2, 0.25) is 0 Å². The summed E-state index contributed by atoms with van der Waals surface area (Å²) in [5.74, 6) is -0.897. The molecule has 1 aliphatic carbocycles. The first kappa shape index (κ1) is 10.3. The number of carboxylic acids is 1. The van der Waals surface area contributed by atoms with E-state index in [0.717, 1.165) is 12.9 Å². The van der Waals surface area contributed by atoms with Crippen molar-refractivity contribution >= 4 is 56.9 Å². The van der Waals surface area contributed by atoms with E-state index in [1.807, 2.05) is 18.2 Å². The first-order valence-electron chi connectivity index (χ1n) is 3.86. The lowest BCUT2D eigenvalue weighted by Crippen LogP contribution is -2.08. The van der Waals surface area contributed by atoms with E-state index in [-0.39, 0.29) is 11.6 Å². The van der Waals surface area contributed by atoms with Crippen molar-refractivity contribution in [3.05, 3.63) is 31.1 Å². The molecule has 5 heteroatoms. The van der Waals surface area contributed by atoms with Crippen LogP contribution in [0.25, 0.3) is 0 Å². The highest BCUT2D eigenvalue weighted by Crippen LogP contribution is 2.36. The summed E-state index contributed by atoms with van der Waals surface area (Å²) < 4.78 is 1.91. The van der Waals surface area contributed by atoms with Crippen molar-refractivity contribution < 1.29 is 9.90 Å². The first-order valence-corrected chi connectivity index (χ1v) is 6.02. The van der Waals surface area contributed by atoms with E-state index in [9.17, 15) is 4.79 Å². The van der Waals surface area contributed by atoms with E-state index in [0.29, 0.717) is 0 Å². The van der Waals surface area contributed by atoms with E-state index in [1.165, 1.54) is 0 Å². The van der Waals surface area contributed by atoms with Crippen molar-refractivity contribution in [2.75, 3.05) is 0 Å². The Kier molecular flexibility index (Phi) is 2.78. The van der Waals surface area contributed by atoms with Crippen LogP contribution in [0, 0.1) is 5.92 Å². The Bertz CT molecular complexity index is 432. The zero-order valence-electron chi connectivity index (χ0n) is 6.87. The van der Waals surface area contributed by atoms with Crippen LogP contribution in [-0.4, -0.2) is 16.8 Å². The zero-order chi connectivity index (χ0) is 10.3. The Morgan fingerprint density at radius 2 is 2.14 bits per heavy atom. The number of carbonyl (C=O) groups is 1. The number of halogens is 2. The SMILES string of the molecule is O=C(O)C1=C(I)[C@H]2C=C(I)C=CC2=N1. The van der Waals surface area contributed by atoms with Gasteiger partial charge in [0.2, 0.25) is 0 Å². The van der Waals surface area contributed by atoms with E-state index in [4.69, 9.17) is 5.11 Å². The number of hydrogen-bond donors (Lipinski definition) is 1. The number of nitrogens with zero attached hydrogens (tertiary/aromatic N) is 1. The van der Waals surface area contributed by atoms with Gasteiger partial charge in [-0.15, -0.1) is 0 Å². The van der Waals surface area contributed by atoms with Crippen LogP contribution >= 0.6 is 45.2 Å². The normalized spacial score (nSPS) is 24.6. The predicted molar refractivity (Wildman–Crippen MR) is 70.8 cm³/mol. The summed E-state index contributed by atoms with van der Waals surface area (Å²) in [7, 11) is 0. The molecule has 2 aliphatic rings. The minimum Gasteiger partial charge on any atom is -0.476 e. The van der Waals surface area contributed by atoms with Crippen molar-refractivity contribution in [2.24, 2.45) is 10.9 Å². The van der Waals surface area contributed by atoms with Gasteiger partial charge in [0.1, 0.15) is 0 Å². The fourth-order valence-electron chi connectivity index (χ4n) is 1.36. The van der Waals surface area contributed by atoms with Crippen LogP contribution in [0.5, 0.6) is 0 Å². The van der Waals surface area contributed by atoms with Gasteiger partial charge in [0.25, 0.3) is 0 Å². The third-order valence-corrected chi connectivity index (χ3v) is 3.90. The van der Waals surface area contributed by atoms with Gasteiger partial charge in [-0.05, 0) is 57.3 Å². The highest BCUT2D eigenvalue weighted by molar-refractivity contribution is 14.1. The summed E-state index contributed by atoms with van der Waals surface area (Å²) in [5, 5.41) is 8.88. The molecule has 1 atom stereocenters. The molecule has 0 amide bonds. The summed E-state index contributed by atoms with van der Waals surface area (Å²) in [6.45, 7) is 0. The van der Waals surface area contributed by atoms with Gasteiger partial charge >= 0.3 is 5.97 Å². The lowest BCUT2D eigenvalue weighted by Gasteiger charge is -2.10. The van der Waals surface area contributed by atoms with Gasteiger partial charge in [-0.25, -0.2) is 9.79 Å². The third kappa shape index (κ3) is 1.67. The summed E-state index contributed by atoms with van der Waals surface area (Å²) in [6, 6.07) is 0. The molecule has 1 aliphatic heterocycles. The van der Waals surface area contributed by atoms with E-state index >= 15 is 0 Å². The topological polar surface area (TPSA) is 49.7 Å². The quantitative estimate of drug-likeness (QED) is 0.673. The molecule has 0 aromatic heterocycles. The largest absolute Gasteiger partial charge is 0.476 e. The molecule has 1 N–H and O–H groups in total. The Labute approximate surface area is 108 Å². The Hall–Kier alpha value is -0.180. The minimum absolute atomic E-state index is 0.0543. The number of hydrogen-bond acceptors (Lipinski definition) is 2. The first-order chi connectivity index (χ1) is 6.59. The van der Waals surface area contributed by atoms with E-state index < -0.39 is 5.97 Å². The number of rotatable bonds is 1. The van der Waals surface area contributed by atoms with Crippen molar-refractivity contribution in [1.82, 2.24) is 0 Å². The van der Waals surface area contributed by atoms with Gasteiger partial charge in [0.05, 0.1) is 11.6 Å². The highest BCUT2D eigenvalue weighted by Gasteiger charge is 2.30. The molecule has 72 valence electrons. The Morgan fingerprint density at radius 3 is 2.79 bits per heavy atom. The molecule has 0 radical (unpaired) electrons. The molecule has 2 rings (SSSR count). The molecule has 1 heterocycles. The van der Waals surface area contributed by atoms with Gasteiger partial charge in [0.15, 0.2) is 5.70 Å². The molecule has 0 saturated heterocycles. The second kappa shape index (κ2) is 3.76. The molecular weight excluding hydrogens is 408 g/mol. The standard InChI is InChI=1S/C9H5I2NO2/c10-4-1-2-6-5(3-4)7(11)8(12-6)9(13)14/h1-3,5H,(H,13,14)/t5-/m0/s1. The number of aliphatic imine (C=N–C) groups is 1. The van der Waals surface area contributed by atoms with Gasteiger partial charge in [-0.1, -0.05) is 6.08 Å². The third-order valence-electron chi connectivity index (χ3n) is 2.00. The Morgan fingerprint density at radius 1 is 1.43 bits per heavy atom. The number of carboxylic acid groups (broad SMARTS) is 1. The van der Waals surface area contributed by atoms with Crippen LogP contribution in [0.15, 0.2) is 36.1 Å². The molecule has 14 heavy (non-hydrogen) atoms. The second-order valence-electron chi connectivity index (χ2n) is 2.90. The maximum atomic E-state index is 10.8. The fraction of sp³-hybridized carbons (Fsp3) is 0.111. The Balaban J connectivity index is 2.46. The lowest BCUT2D eigenvalue weighted by molar-refractivity contribution is -0.132. The van der Waals surface area contributed by atoms with Crippen LogP contribution in [-0.2, 0) is 4.79 Å². The van der Waals surface area contributed by atoms with Crippen LogP contribution in [0.4, 0.5) is 0 Å². The van der Waals surface area contributed by atoms with Crippen molar-refractivity contribution in [3.63, 3.8) is 0 Å². The van der Waals surface area contributed by atoms with Gasteiger partial charge < -0.3 is 5.11 Å². The van der Waals surface area contributed by atoms with Crippen LogP contribution in [0.1, 0.15) is 0 Å². The molecule has 0 fully saturated rings. The van der Waals surface area contributed by atoms with Crippen LogP contribution in [0.3, 0.4) is 0 Å². The van der Waals surface area contributed by atoms with E-state index in [1.54, 1.807) is 0 Å². The van der Waals surface area contributed by atoms with Crippen LogP contribution < -0.4 is 0 Å². The predicted octanol–water partition coefficient (Wildman–Crippen LogP) is 2.68. The second-order valence-corrected chi connectivity index (χ2v) is 5.31. The maximum absolute atomic E-state index is 10.8. The maximum Gasteiger partial charge on any atom is 0.355 e. The molecule has 0 bridgehead atoms. The number of aliphatic carboxylic acids is 1. The van der Waals surface area contributed by atoms with E-state index in [2.05, 4.69) is 50.2 Å².